The SMILES string of the molecule is Cc1ccc(-n2[nH]c(C(=O)O)cc2=O)cc1Br. The molecule has 17 heavy (non-hydrogen) atoms. The van der Waals surface area contributed by atoms with Gasteiger partial charge in [-0.3, -0.25) is 9.89 Å². The number of carbonyl (C=O) groups is 1. The summed E-state index contributed by atoms with van der Waals surface area (Å²) >= 11 is 3.36. The molecule has 0 unspecified atom stereocenters. The molecule has 0 aliphatic heterocycles. The first-order chi connectivity index (χ1) is 7.99. The van der Waals surface area contributed by atoms with Crippen molar-refractivity contribution in [2.45, 2.75) is 6.92 Å². The summed E-state index contributed by atoms with van der Waals surface area (Å²) in [5.41, 5.74) is 1.08. The largest absolute Gasteiger partial charge is 0.477 e. The molecule has 0 fully saturated rings. The van der Waals surface area contributed by atoms with Crippen LogP contribution in [0.3, 0.4) is 0 Å². The number of hydrogen-bond donors (Lipinski definition) is 2. The lowest BCUT2D eigenvalue weighted by molar-refractivity contribution is 0.0690. The minimum Gasteiger partial charge on any atom is -0.477 e. The number of aryl methyl sites for hydroxylation is 1. The fourth-order valence-corrected chi connectivity index (χ4v) is 1.78. The second-order valence-corrected chi connectivity index (χ2v) is 4.44. The summed E-state index contributed by atoms with van der Waals surface area (Å²) in [6.45, 7) is 1.92. The Balaban J connectivity index is 2.56. The molecule has 0 atom stereocenters. The molecule has 0 bridgehead atoms. The lowest BCUT2D eigenvalue weighted by Crippen LogP contribution is -2.13. The van der Waals surface area contributed by atoms with E-state index in [0.717, 1.165) is 16.1 Å². The zero-order valence-electron chi connectivity index (χ0n) is 8.90. The molecule has 2 aromatic rings. The van der Waals surface area contributed by atoms with E-state index in [9.17, 15) is 9.59 Å². The Hall–Kier alpha value is -1.82. The van der Waals surface area contributed by atoms with Crippen molar-refractivity contribution in [3.05, 3.63) is 50.3 Å². The number of aromatic nitrogens is 2. The normalized spacial score (nSPS) is 10.5. The third-order valence-corrected chi connectivity index (χ3v) is 3.22. The van der Waals surface area contributed by atoms with Crippen molar-refractivity contribution in [2.24, 2.45) is 0 Å². The van der Waals surface area contributed by atoms with E-state index >= 15 is 0 Å². The Labute approximate surface area is 105 Å². The van der Waals surface area contributed by atoms with Gasteiger partial charge in [0.2, 0.25) is 0 Å². The second kappa shape index (κ2) is 4.21. The minimum absolute atomic E-state index is 0.133. The average molecular weight is 297 g/mol. The predicted octanol–water partition coefficient (Wildman–Crippen LogP) is 1.93. The van der Waals surface area contributed by atoms with Crippen LogP contribution in [0.5, 0.6) is 0 Å². The van der Waals surface area contributed by atoms with Crippen molar-refractivity contribution in [3.63, 3.8) is 0 Å². The van der Waals surface area contributed by atoms with Gasteiger partial charge in [0.25, 0.3) is 5.56 Å². The van der Waals surface area contributed by atoms with Gasteiger partial charge in [-0.2, -0.15) is 0 Å². The van der Waals surface area contributed by atoms with Crippen molar-refractivity contribution >= 4 is 21.9 Å². The van der Waals surface area contributed by atoms with Crippen LogP contribution in [0.15, 0.2) is 33.5 Å². The maximum atomic E-state index is 11.6. The number of aromatic carboxylic acids is 1. The third-order valence-electron chi connectivity index (χ3n) is 2.36. The lowest BCUT2D eigenvalue weighted by atomic mass is 10.2. The summed E-state index contributed by atoms with van der Waals surface area (Å²) in [7, 11) is 0. The molecular formula is C11H9BrN2O3. The van der Waals surface area contributed by atoms with E-state index in [4.69, 9.17) is 5.11 Å². The Morgan fingerprint density at radius 2 is 2.12 bits per heavy atom. The van der Waals surface area contributed by atoms with E-state index in [1.165, 1.54) is 4.68 Å². The maximum absolute atomic E-state index is 11.6. The first-order valence-electron chi connectivity index (χ1n) is 4.81. The van der Waals surface area contributed by atoms with Gasteiger partial charge in [-0.15, -0.1) is 0 Å². The molecule has 0 saturated heterocycles. The Kier molecular flexibility index (Phi) is 2.89. The van der Waals surface area contributed by atoms with Gasteiger partial charge < -0.3 is 5.11 Å². The van der Waals surface area contributed by atoms with E-state index < -0.39 is 11.5 Å². The van der Waals surface area contributed by atoms with Gasteiger partial charge in [-0.25, -0.2) is 9.48 Å². The van der Waals surface area contributed by atoms with E-state index in [1.807, 2.05) is 13.0 Å². The van der Waals surface area contributed by atoms with Gasteiger partial charge in [0.05, 0.1) is 5.69 Å². The highest BCUT2D eigenvalue weighted by atomic mass is 79.9. The average Bonchev–Trinajstić information content (AvgIpc) is 2.65. The van der Waals surface area contributed by atoms with Crippen LogP contribution >= 0.6 is 15.9 Å². The zero-order chi connectivity index (χ0) is 12.6. The standard InChI is InChI=1S/C11H9BrN2O3/c1-6-2-3-7(4-8(6)12)14-10(15)5-9(13-14)11(16)17/h2-5,13H,1H3,(H,16,17). The number of H-pyrrole nitrogens is 1. The molecule has 1 heterocycles. The summed E-state index contributed by atoms with van der Waals surface area (Å²) in [5.74, 6) is -1.16. The molecule has 1 aromatic heterocycles. The lowest BCUT2D eigenvalue weighted by Gasteiger charge is -2.04. The molecule has 0 radical (unpaired) electrons. The number of nitrogens with one attached hydrogen (secondary N) is 1. The summed E-state index contributed by atoms with van der Waals surface area (Å²) in [6.07, 6.45) is 0. The van der Waals surface area contributed by atoms with Crippen molar-refractivity contribution in [3.8, 4) is 5.69 Å². The zero-order valence-corrected chi connectivity index (χ0v) is 10.5. The van der Waals surface area contributed by atoms with Crippen LogP contribution in [0.25, 0.3) is 5.69 Å². The van der Waals surface area contributed by atoms with Gasteiger partial charge in [-0.1, -0.05) is 22.0 Å². The first-order valence-corrected chi connectivity index (χ1v) is 5.60. The summed E-state index contributed by atoms with van der Waals surface area (Å²) in [4.78, 5) is 22.3. The molecule has 88 valence electrons. The minimum atomic E-state index is -1.16. The van der Waals surface area contributed by atoms with E-state index in [0.29, 0.717) is 5.69 Å². The molecule has 2 rings (SSSR count). The van der Waals surface area contributed by atoms with Crippen LogP contribution in [0.4, 0.5) is 0 Å². The number of halogens is 1. The number of rotatable bonds is 2. The Bertz CT molecular complexity index is 642. The summed E-state index contributed by atoms with van der Waals surface area (Å²) in [6, 6.07) is 6.38. The quantitative estimate of drug-likeness (QED) is 0.889. The molecule has 1 aromatic carbocycles. The highest BCUT2D eigenvalue weighted by Gasteiger charge is 2.10. The molecule has 0 amide bonds. The second-order valence-electron chi connectivity index (χ2n) is 3.58. The number of aromatic amines is 1. The van der Waals surface area contributed by atoms with E-state index in [1.54, 1.807) is 12.1 Å². The molecular weight excluding hydrogens is 288 g/mol. The third kappa shape index (κ3) is 2.16. The molecule has 0 saturated carbocycles. The van der Waals surface area contributed by atoms with Crippen LogP contribution in [-0.2, 0) is 0 Å². The van der Waals surface area contributed by atoms with Gasteiger partial charge >= 0.3 is 5.97 Å². The number of carboxylic acids is 1. The molecule has 5 nitrogen and oxygen atoms in total. The van der Waals surface area contributed by atoms with Gasteiger partial charge in [0.15, 0.2) is 0 Å². The van der Waals surface area contributed by atoms with Crippen LogP contribution < -0.4 is 5.56 Å². The fourth-order valence-electron chi connectivity index (χ4n) is 1.42. The molecule has 0 spiro atoms. The highest BCUT2D eigenvalue weighted by Crippen LogP contribution is 2.18. The van der Waals surface area contributed by atoms with Crippen LogP contribution in [0, 0.1) is 6.92 Å². The van der Waals surface area contributed by atoms with Crippen molar-refractivity contribution < 1.29 is 9.90 Å². The van der Waals surface area contributed by atoms with Crippen LogP contribution in [0.1, 0.15) is 16.1 Å². The number of hydrogen-bond acceptors (Lipinski definition) is 2. The van der Waals surface area contributed by atoms with Gasteiger partial charge in [0, 0.05) is 10.5 Å². The molecule has 2 N–H and O–H groups in total. The smallest absolute Gasteiger partial charge is 0.353 e. The van der Waals surface area contributed by atoms with Crippen LogP contribution in [-0.4, -0.2) is 20.9 Å². The monoisotopic (exact) mass is 296 g/mol. The van der Waals surface area contributed by atoms with Gasteiger partial charge in [0.1, 0.15) is 5.69 Å². The van der Waals surface area contributed by atoms with Crippen LogP contribution in [0.2, 0.25) is 0 Å². The van der Waals surface area contributed by atoms with Crippen molar-refractivity contribution in [1.29, 1.82) is 0 Å². The van der Waals surface area contributed by atoms with Gasteiger partial charge in [-0.05, 0) is 24.6 Å². The summed E-state index contributed by atoms with van der Waals surface area (Å²) < 4.78 is 2.04. The number of nitrogens with zero attached hydrogens (tertiary/aromatic N) is 1. The number of carboxylic acid groups (broad SMARTS) is 1. The van der Waals surface area contributed by atoms with Crippen molar-refractivity contribution in [1.82, 2.24) is 9.78 Å². The molecule has 0 aliphatic rings. The fraction of sp³-hybridized carbons (Fsp3) is 0.0909. The molecule has 0 aliphatic carbocycles. The van der Waals surface area contributed by atoms with E-state index in [2.05, 4.69) is 21.0 Å². The summed E-state index contributed by atoms with van der Waals surface area (Å²) in [5, 5.41) is 11.3. The Morgan fingerprint density at radius 1 is 1.41 bits per heavy atom. The first kappa shape index (κ1) is 11.7. The maximum Gasteiger partial charge on any atom is 0.353 e. The highest BCUT2D eigenvalue weighted by molar-refractivity contribution is 9.10. The molecule has 6 heteroatoms. The van der Waals surface area contributed by atoms with Crippen molar-refractivity contribution in [2.75, 3.05) is 0 Å². The topological polar surface area (TPSA) is 75.1 Å². The number of benzene rings is 1. The Morgan fingerprint density at radius 3 is 2.65 bits per heavy atom. The van der Waals surface area contributed by atoms with E-state index in [-0.39, 0.29) is 5.69 Å². The predicted molar refractivity (Wildman–Crippen MR) is 65.8 cm³/mol.